The molecule has 1 aliphatic rings. The van der Waals surface area contributed by atoms with Crippen molar-refractivity contribution < 1.29 is 18.4 Å². The average molecular weight is 363 g/mol. The van der Waals surface area contributed by atoms with Crippen LogP contribution in [0.5, 0.6) is 0 Å². The highest BCUT2D eigenvalue weighted by Crippen LogP contribution is 2.41. The number of rotatable bonds is 2. The summed E-state index contributed by atoms with van der Waals surface area (Å²) in [5.41, 5.74) is 0.305. The lowest BCUT2D eigenvalue weighted by Crippen LogP contribution is -2.28. The van der Waals surface area contributed by atoms with E-state index in [1.54, 1.807) is 6.92 Å². The van der Waals surface area contributed by atoms with Crippen LogP contribution in [-0.2, 0) is 13.0 Å². The van der Waals surface area contributed by atoms with Crippen LogP contribution in [-0.4, -0.2) is 11.8 Å². The van der Waals surface area contributed by atoms with E-state index in [2.05, 4.69) is 5.32 Å². The van der Waals surface area contributed by atoms with Crippen molar-refractivity contribution in [3.63, 3.8) is 0 Å². The molecule has 1 heterocycles. The molecule has 2 rings (SSSR count). The summed E-state index contributed by atoms with van der Waals surface area (Å²) in [4.78, 5) is 22.7. The van der Waals surface area contributed by atoms with Gasteiger partial charge in [-0.1, -0.05) is 28.7 Å². The van der Waals surface area contributed by atoms with Crippen LogP contribution in [0.15, 0.2) is 29.8 Å². The lowest BCUT2D eigenvalue weighted by atomic mass is 9.92. The van der Waals surface area contributed by atoms with Gasteiger partial charge in [-0.05, 0) is 13.0 Å². The maximum absolute atomic E-state index is 13.7. The Morgan fingerprint density at radius 2 is 1.94 bits per heavy atom. The topological polar surface area (TPSA) is 46.2 Å². The largest absolute Gasteiger partial charge is 0.289 e. The van der Waals surface area contributed by atoms with E-state index in [9.17, 15) is 18.4 Å². The molecule has 0 bridgehead atoms. The summed E-state index contributed by atoms with van der Waals surface area (Å²) in [5, 5.41) is 2.10. The first-order chi connectivity index (χ1) is 8.32. The minimum atomic E-state index is -1.04. The molecule has 0 saturated carbocycles. The van der Waals surface area contributed by atoms with Crippen molar-refractivity contribution in [1.82, 2.24) is 5.32 Å². The summed E-state index contributed by atoms with van der Waals surface area (Å²) < 4.78 is 25.6. The highest BCUT2D eigenvalue weighted by molar-refractivity contribution is 14.1. The Hall–Kier alpha value is -1.31. The van der Waals surface area contributed by atoms with Gasteiger partial charge in [0.05, 0.1) is 3.42 Å². The van der Waals surface area contributed by atoms with E-state index in [0.29, 0.717) is 0 Å². The molecule has 1 N–H and O–H groups in total. The molecule has 1 aromatic carbocycles. The molecule has 1 unspecified atom stereocenters. The van der Waals surface area contributed by atoms with E-state index >= 15 is 0 Å². The van der Waals surface area contributed by atoms with Crippen LogP contribution >= 0.6 is 22.6 Å². The number of alkyl halides is 1. The van der Waals surface area contributed by atoms with Gasteiger partial charge in [-0.15, -0.1) is 0 Å². The molecule has 0 aromatic heterocycles. The second-order valence-electron chi connectivity index (χ2n) is 4.00. The van der Waals surface area contributed by atoms with Crippen molar-refractivity contribution in [3.05, 3.63) is 47.0 Å². The molecule has 1 atom stereocenters. The van der Waals surface area contributed by atoms with Gasteiger partial charge in [0.15, 0.2) is 0 Å². The standard InChI is InChI=1S/C12H8F2INO2/c1-12(15,8-5-10(17)16-11(8)18)7-3-2-6(13)4-9(7)14/h2-5H,1H3,(H,16,17,18). The number of hydrogen-bond acceptors (Lipinski definition) is 2. The minimum absolute atomic E-state index is 0.151. The summed E-state index contributed by atoms with van der Waals surface area (Å²) in [6.07, 6.45) is 1.14. The Kier molecular flexibility index (Phi) is 3.22. The van der Waals surface area contributed by atoms with Gasteiger partial charge < -0.3 is 0 Å². The number of halogens is 3. The SMILES string of the molecule is CC(I)(C1=CC(=O)NC1=O)c1ccc(F)cc1F. The van der Waals surface area contributed by atoms with Crippen LogP contribution in [0, 0.1) is 11.6 Å². The van der Waals surface area contributed by atoms with Gasteiger partial charge >= 0.3 is 0 Å². The predicted octanol–water partition coefficient (Wildman–Crippen LogP) is 2.20. The molecular weight excluding hydrogens is 355 g/mol. The van der Waals surface area contributed by atoms with E-state index in [1.165, 1.54) is 6.07 Å². The van der Waals surface area contributed by atoms with E-state index in [0.717, 1.165) is 18.2 Å². The number of benzene rings is 1. The molecule has 6 heteroatoms. The van der Waals surface area contributed by atoms with E-state index in [1.807, 2.05) is 22.6 Å². The van der Waals surface area contributed by atoms with Gasteiger partial charge in [0, 0.05) is 23.3 Å². The van der Waals surface area contributed by atoms with Gasteiger partial charge in [0.25, 0.3) is 11.8 Å². The van der Waals surface area contributed by atoms with Crippen molar-refractivity contribution >= 4 is 34.4 Å². The third-order valence-corrected chi connectivity index (χ3v) is 3.86. The van der Waals surface area contributed by atoms with Crippen molar-refractivity contribution in [3.8, 4) is 0 Å². The fourth-order valence-corrected chi connectivity index (χ4v) is 2.61. The summed E-state index contributed by atoms with van der Waals surface area (Å²) >= 11 is 1.86. The molecule has 0 spiro atoms. The Morgan fingerprint density at radius 3 is 2.44 bits per heavy atom. The average Bonchev–Trinajstić information content (AvgIpc) is 2.57. The number of hydrogen-bond donors (Lipinski definition) is 1. The number of nitrogens with one attached hydrogen (secondary N) is 1. The summed E-state index contributed by atoms with van der Waals surface area (Å²) in [7, 11) is 0. The molecular formula is C12H8F2INO2. The smallest absolute Gasteiger partial charge is 0.255 e. The predicted molar refractivity (Wildman–Crippen MR) is 69.0 cm³/mol. The number of carbonyl (C=O) groups is 2. The Labute approximate surface area is 115 Å². The Bertz CT molecular complexity index is 581. The second kappa shape index (κ2) is 4.42. The van der Waals surface area contributed by atoms with Gasteiger partial charge in [-0.3, -0.25) is 14.9 Å². The second-order valence-corrected chi connectivity index (χ2v) is 6.16. The normalized spacial score (nSPS) is 18.3. The Balaban J connectivity index is 2.51. The molecule has 0 saturated heterocycles. The van der Waals surface area contributed by atoms with Crippen molar-refractivity contribution in [2.45, 2.75) is 10.3 Å². The molecule has 0 aliphatic carbocycles. The molecule has 1 aliphatic heterocycles. The first kappa shape index (κ1) is 13.1. The van der Waals surface area contributed by atoms with Crippen molar-refractivity contribution in [1.29, 1.82) is 0 Å². The van der Waals surface area contributed by atoms with Crippen LogP contribution in [0.25, 0.3) is 0 Å². The number of amides is 2. The number of imide groups is 1. The van der Waals surface area contributed by atoms with Crippen molar-refractivity contribution in [2.24, 2.45) is 0 Å². The van der Waals surface area contributed by atoms with E-state index < -0.39 is 26.9 Å². The molecule has 2 amide bonds. The third-order valence-electron chi connectivity index (χ3n) is 2.70. The number of carbonyl (C=O) groups excluding carboxylic acids is 2. The Morgan fingerprint density at radius 1 is 1.28 bits per heavy atom. The van der Waals surface area contributed by atoms with Crippen LogP contribution in [0.3, 0.4) is 0 Å². The van der Waals surface area contributed by atoms with Gasteiger partial charge in [0.2, 0.25) is 0 Å². The van der Waals surface area contributed by atoms with Gasteiger partial charge in [0.1, 0.15) is 11.6 Å². The highest BCUT2D eigenvalue weighted by Gasteiger charge is 2.38. The van der Waals surface area contributed by atoms with E-state index in [4.69, 9.17) is 0 Å². The summed E-state index contributed by atoms with van der Waals surface area (Å²) in [6.45, 7) is 1.59. The fourth-order valence-electron chi connectivity index (χ4n) is 1.78. The first-order valence-electron chi connectivity index (χ1n) is 5.04. The summed E-state index contributed by atoms with van der Waals surface area (Å²) in [6, 6.07) is 3.14. The van der Waals surface area contributed by atoms with Crippen LogP contribution in [0.2, 0.25) is 0 Å². The van der Waals surface area contributed by atoms with Crippen LogP contribution < -0.4 is 5.32 Å². The van der Waals surface area contributed by atoms with E-state index in [-0.39, 0.29) is 11.1 Å². The van der Waals surface area contributed by atoms with Gasteiger partial charge in [-0.25, -0.2) is 8.78 Å². The van der Waals surface area contributed by atoms with Crippen LogP contribution in [0.4, 0.5) is 8.78 Å². The highest BCUT2D eigenvalue weighted by atomic mass is 127. The zero-order valence-corrected chi connectivity index (χ0v) is 11.4. The molecule has 1 aromatic rings. The van der Waals surface area contributed by atoms with Gasteiger partial charge in [-0.2, -0.15) is 0 Å². The lowest BCUT2D eigenvalue weighted by molar-refractivity contribution is -0.123. The first-order valence-corrected chi connectivity index (χ1v) is 6.12. The fraction of sp³-hybridized carbons (Fsp3) is 0.167. The molecule has 3 nitrogen and oxygen atoms in total. The third kappa shape index (κ3) is 2.16. The quantitative estimate of drug-likeness (QED) is 0.498. The zero-order chi connectivity index (χ0) is 13.5. The summed E-state index contributed by atoms with van der Waals surface area (Å²) in [5.74, 6) is -2.52. The zero-order valence-electron chi connectivity index (χ0n) is 9.26. The maximum atomic E-state index is 13.7. The van der Waals surface area contributed by atoms with Crippen molar-refractivity contribution in [2.75, 3.05) is 0 Å². The molecule has 18 heavy (non-hydrogen) atoms. The molecule has 94 valence electrons. The monoisotopic (exact) mass is 363 g/mol. The maximum Gasteiger partial charge on any atom is 0.255 e. The molecule has 0 radical (unpaired) electrons. The molecule has 0 fully saturated rings. The lowest BCUT2D eigenvalue weighted by Gasteiger charge is -2.23. The minimum Gasteiger partial charge on any atom is -0.289 e. The van der Waals surface area contributed by atoms with Crippen LogP contribution in [0.1, 0.15) is 12.5 Å².